The Morgan fingerprint density at radius 3 is 2.45 bits per heavy atom. The van der Waals surface area contributed by atoms with E-state index in [-0.39, 0.29) is 10.5 Å². The topological polar surface area (TPSA) is 106 Å². The quantitative estimate of drug-likeness (QED) is 0.483. The number of hydrogen-bond acceptors (Lipinski definition) is 5. The zero-order valence-corrected chi connectivity index (χ0v) is 17.4. The van der Waals surface area contributed by atoms with Crippen LogP contribution in [0.4, 0.5) is 11.4 Å². The van der Waals surface area contributed by atoms with Gasteiger partial charge in [-0.15, -0.1) is 0 Å². The molecule has 0 bridgehead atoms. The average Bonchev–Trinajstić information content (AvgIpc) is 3.31. The molecule has 0 saturated carbocycles. The van der Waals surface area contributed by atoms with Gasteiger partial charge in [-0.2, -0.15) is 0 Å². The molecule has 156 valence electrons. The summed E-state index contributed by atoms with van der Waals surface area (Å²) in [5, 5.41) is 2.72. The van der Waals surface area contributed by atoms with Crippen molar-refractivity contribution in [2.45, 2.75) is 11.8 Å². The van der Waals surface area contributed by atoms with Crippen molar-refractivity contribution in [2.75, 3.05) is 10.0 Å². The Morgan fingerprint density at radius 2 is 1.77 bits per heavy atom. The number of carbonyl (C=O) groups is 1. The molecule has 4 rings (SSSR count). The van der Waals surface area contributed by atoms with E-state index >= 15 is 0 Å². The van der Waals surface area contributed by atoms with Gasteiger partial charge in [0.25, 0.3) is 15.9 Å². The van der Waals surface area contributed by atoms with E-state index in [0.717, 1.165) is 5.56 Å². The minimum absolute atomic E-state index is 0.00527. The zero-order valence-electron chi connectivity index (χ0n) is 16.6. The van der Waals surface area contributed by atoms with Crippen molar-refractivity contribution in [2.24, 2.45) is 0 Å². The molecule has 8 nitrogen and oxygen atoms in total. The maximum absolute atomic E-state index is 12.7. The van der Waals surface area contributed by atoms with E-state index in [9.17, 15) is 13.2 Å². The number of pyridine rings is 1. The Labute approximate surface area is 179 Å². The third kappa shape index (κ3) is 4.78. The van der Waals surface area contributed by atoms with Crippen LogP contribution in [0.2, 0.25) is 0 Å². The van der Waals surface area contributed by atoms with E-state index in [1.807, 2.05) is 19.1 Å². The van der Waals surface area contributed by atoms with Crippen molar-refractivity contribution in [1.29, 1.82) is 0 Å². The molecule has 0 aliphatic rings. The Kier molecular flexibility index (Phi) is 5.50. The van der Waals surface area contributed by atoms with Gasteiger partial charge in [-0.3, -0.25) is 14.1 Å². The minimum Gasteiger partial charge on any atom is -0.321 e. The standard InChI is InChI=1S/C22H19N5O3S/c1-16-5-7-18(8-6-16)26-31(29,30)20-4-2-3-17(13-20)22(28)25-19-9-10-21(24-14-19)27-12-11-23-15-27/h2-15,26H,1H3,(H,25,28). The van der Waals surface area contributed by atoms with E-state index in [4.69, 9.17) is 0 Å². The average molecular weight is 433 g/mol. The van der Waals surface area contributed by atoms with Crippen LogP contribution in [0.1, 0.15) is 15.9 Å². The predicted molar refractivity (Wildman–Crippen MR) is 118 cm³/mol. The molecule has 31 heavy (non-hydrogen) atoms. The van der Waals surface area contributed by atoms with E-state index in [0.29, 0.717) is 17.2 Å². The van der Waals surface area contributed by atoms with Crippen molar-refractivity contribution in [3.05, 3.63) is 96.7 Å². The molecule has 4 aromatic rings. The van der Waals surface area contributed by atoms with E-state index in [1.54, 1.807) is 53.6 Å². The van der Waals surface area contributed by atoms with Crippen LogP contribution < -0.4 is 10.0 Å². The number of aryl methyl sites for hydroxylation is 1. The molecule has 1 amide bonds. The second kappa shape index (κ2) is 8.41. The lowest BCUT2D eigenvalue weighted by molar-refractivity contribution is 0.102. The van der Waals surface area contributed by atoms with Gasteiger partial charge in [0.2, 0.25) is 0 Å². The summed E-state index contributed by atoms with van der Waals surface area (Å²) < 4.78 is 29.7. The highest BCUT2D eigenvalue weighted by molar-refractivity contribution is 7.92. The van der Waals surface area contributed by atoms with Crippen LogP contribution in [0.25, 0.3) is 5.82 Å². The lowest BCUT2D eigenvalue weighted by Gasteiger charge is -2.10. The molecule has 0 atom stereocenters. The maximum atomic E-state index is 12.7. The molecule has 2 heterocycles. The highest BCUT2D eigenvalue weighted by Gasteiger charge is 2.17. The van der Waals surface area contributed by atoms with Gasteiger partial charge in [0.1, 0.15) is 12.1 Å². The summed E-state index contributed by atoms with van der Waals surface area (Å²) in [4.78, 5) is 20.9. The number of nitrogens with zero attached hydrogens (tertiary/aromatic N) is 3. The van der Waals surface area contributed by atoms with E-state index < -0.39 is 15.9 Å². The van der Waals surface area contributed by atoms with Crippen molar-refractivity contribution in [3.63, 3.8) is 0 Å². The molecular weight excluding hydrogens is 414 g/mol. The van der Waals surface area contributed by atoms with Crippen LogP contribution in [-0.2, 0) is 10.0 Å². The highest BCUT2D eigenvalue weighted by Crippen LogP contribution is 2.19. The van der Waals surface area contributed by atoms with Gasteiger partial charge >= 0.3 is 0 Å². The second-order valence-corrected chi connectivity index (χ2v) is 8.51. The molecule has 2 aromatic carbocycles. The maximum Gasteiger partial charge on any atom is 0.261 e. The van der Waals surface area contributed by atoms with Gasteiger partial charge in [-0.1, -0.05) is 23.8 Å². The first-order valence-corrected chi connectivity index (χ1v) is 10.8. The van der Waals surface area contributed by atoms with Gasteiger partial charge in [0.05, 0.1) is 16.8 Å². The normalized spacial score (nSPS) is 11.1. The van der Waals surface area contributed by atoms with Crippen LogP contribution in [0, 0.1) is 6.92 Å². The summed E-state index contributed by atoms with van der Waals surface area (Å²) in [6, 6.07) is 16.3. The summed E-state index contributed by atoms with van der Waals surface area (Å²) in [6.45, 7) is 1.92. The molecule has 0 spiro atoms. The van der Waals surface area contributed by atoms with Crippen LogP contribution >= 0.6 is 0 Å². The first kappa shape index (κ1) is 20.3. The number of rotatable bonds is 6. The molecule has 0 saturated heterocycles. The van der Waals surface area contributed by atoms with Crippen molar-refractivity contribution in [1.82, 2.24) is 14.5 Å². The number of amides is 1. The Hall–Kier alpha value is -3.98. The number of benzene rings is 2. The molecule has 2 aromatic heterocycles. The third-order valence-electron chi connectivity index (χ3n) is 4.48. The molecule has 0 fully saturated rings. The van der Waals surface area contributed by atoms with Crippen LogP contribution in [0.3, 0.4) is 0 Å². The van der Waals surface area contributed by atoms with Crippen molar-refractivity contribution >= 4 is 27.3 Å². The Balaban J connectivity index is 1.49. The fourth-order valence-electron chi connectivity index (χ4n) is 2.85. The first-order valence-electron chi connectivity index (χ1n) is 9.36. The monoisotopic (exact) mass is 433 g/mol. The van der Waals surface area contributed by atoms with Gasteiger partial charge in [-0.05, 0) is 49.4 Å². The third-order valence-corrected chi connectivity index (χ3v) is 5.86. The van der Waals surface area contributed by atoms with Crippen molar-refractivity contribution in [3.8, 4) is 5.82 Å². The summed E-state index contributed by atoms with van der Waals surface area (Å²) >= 11 is 0. The van der Waals surface area contributed by atoms with Gasteiger partial charge in [-0.25, -0.2) is 18.4 Å². The van der Waals surface area contributed by atoms with E-state index in [1.165, 1.54) is 24.4 Å². The number of sulfonamides is 1. The lowest BCUT2D eigenvalue weighted by atomic mass is 10.2. The lowest BCUT2D eigenvalue weighted by Crippen LogP contribution is -2.16. The molecule has 9 heteroatoms. The highest BCUT2D eigenvalue weighted by atomic mass is 32.2. The van der Waals surface area contributed by atoms with E-state index in [2.05, 4.69) is 20.0 Å². The predicted octanol–water partition coefficient (Wildman–Crippen LogP) is 3.63. The molecular formula is C22H19N5O3S. The molecule has 0 aliphatic carbocycles. The molecule has 2 N–H and O–H groups in total. The number of aromatic nitrogens is 3. The Bertz CT molecular complexity index is 1300. The molecule has 0 aliphatic heterocycles. The SMILES string of the molecule is Cc1ccc(NS(=O)(=O)c2cccc(C(=O)Nc3ccc(-n4ccnc4)nc3)c2)cc1. The number of nitrogens with one attached hydrogen (secondary N) is 2. The minimum atomic E-state index is -3.84. The summed E-state index contributed by atoms with van der Waals surface area (Å²) in [7, 11) is -3.84. The molecule has 0 radical (unpaired) electrons. The van der Waals surface area contributed by atoms with Gasteiger partial charge < -0.3 is 5.32 Å². The van der Waals surface area contributed by atoms with Crippen molar-refractivity contribution < 1.29 is 13.2 Å². The summed E-state index contributed by atoms with van der Waals surface area (Å²) in [5.74, 6) is 0.218. The Morgan fingerprint density at radius 1 is 1.00 bits per heavy atom. The summed E-state index contributed by atoms with van der Waals surface area (Å²) in [6.07, 6.45) is 6.55. The van der Waals surface area contributed by atoms with Crippen LogP contribution in [0.5, 0.6) is 0 Å². The number of anilines is 2. The zero-order chi connectivity index (χ0) is 21.8. The number of hydrogen-bond donors (Lipinski definition) is 2. The largest absolute Gasteiger partial charge is 0.321 e. The fourth-order valence-corrected chi connectivity index (χ4v) is 3.95. The van der Waals surface area contributed by atoms with Crippen LogP contribution in [0.15, 0.2) is 90.5 Å². The van der Waals surface area contributed by atoms with Gasteiger partial charge in [0.15, 0.2) is 0 Å². The summed E-state index contributed by atoms with van der Waals surface area (Å²) in [5.41, 5.74) is 2.17. The number of carbonyl (C=O) groups excluding carboxylic acids is 1. The second-order valence-electron chi connectivity index (χ2n) is 6.83. The first-order chi connectivity index (χ1) is 14.9. The smallest absolute Gasteiger partial charge is 0.261 e. The number of imidazole rings is 1. The molecule has 0 unspecified atom stereocenters. The van der Waals surface area contributed by atoms with Gasteiger partial charge in [0, 0.05) is 23.6 Å². The van der Waals surface area contributed by atoms with Crippen LogP contribution in [-0.4, -0.2) is 28.9 Å². The fraction of sp³-hybridized carbons (Fsp3) is 0.0455.